The van der Waals surface area contributed by atoms with Crippen LogP contribution in [0, 0.1) is 5.82 Å². The van der Waals surface area contributed by atoms with Crippen molar-refractivity contribution in [3.63, 3.8) is 0 Å². The lowest BCUT2D eigenvalue weighted by molar-refractivity contribution is -0.112. The van der Waals surface area contributed by atoms with E-state index >= 15 is 0 Å². The molecule has 1 aromatic rings. The summed E-state index contributed by atoms with van der Waals surface area (Å²) in [6.45, 7) is 5.16. The number of hydrogen-bond donors (Lipinski definition) is 0. The fourth-order valence-electron chi connectivity index (χ4n) is 1.54. The molecule has 104 valence electrons. The highest BCUT2D eigenvalue weighted by Crippen LogP contribution is 2.22. The quantitative estimate of drug-likeness (QED) is 0.791. The fourth-order valence-corrected chi connectivity index (χ4v) is 1.54. The zero-order valence-corrected chi connectivity index (χ0v) is 11.5. The molecule has 0 N–H and O–H groups in total. The molecule has 19 heavy (non-hydrogen) atoms. The topological polar surface area (TPSA) is 46.6 Å². The van der Waals surface area contributed by atoms with E-state index in [9.17, 15) is 14.0 Å². The first-order chi connectivity index (χ1) is 8.76. The molecule has 0 aliphatic carbocycles. The van der Waals surface area contributed by atoms with Crippen LogP contribution in [-0.4, -0.2) is 29.9 Å². The molecule has 0 aliphatic heterocycles. The van der Waals surface area contributed by atoms with Gasteiger partial charge in [-0.2, -0.15) is 0 Å². The van der Waals surface area contributed by atoms with Gasteiger partial charge < -0.3 is 9.53 Å². The van der Waals surface area contributed by atoms with Gasteiger partial charge in [-0.15, -0.1) is 0 Å². The molecule has 0 aliphatic rings. The fraction of sp³-hybridized carbons (Fsp3) is 0.429. The van der Waals surface area contributed by atoms with Crippen molar-refractivity contribution >= 4 is 12.4 Å². The number of aldehydes is 1. The Hall–Kier alpha value is -1.91. The molecule has 1 unspecified atom stereocenters. The molecule has 0 fully saturated rings. The Bertz CT molecular complexity index is 468. The Balaban J connectivity index is 2.95. The molecule has 5 heteroatoms. The lowest BCUT2D eigenvalue weighted by Gasteiger charge is -2.28. The summed E-state index contributed by atoms with van der Waals surface area (Å²) in [6, 6.07) is 4.84. The smallest absolute Gasteiger partial charge is 0.410 e. The van der Waals surface area contributed by atoms with Crippen LogP contribution in [0.5, 0.6) is 0 Å². The monoisotopic (exact) mass is 267 g/mol. The summed E-state index contributed by atoms with van der Waals surface area (Å²) < 4.78 is 18.8. The second kappa shape index (κ2) is 5.82. The molecule has 0 aromatic heterocycles. The molecule has 0 radical (unpaired) electrons. The number of rotatable bonds is 3. The standard InChI is InChI=1S/C14H18FNO3/c1-14(2,3)19-13(18)16(4)12(9-17)10-7-5-6-8-11(10)15/h5-9,12H,1-4H3. The number of carbonyl (C=O) groups excluding carboxylic acids is 2. The maximum Gasteiger partial charge on any atom is 0.410 e. The van der Waals surface area contributed by atoms with E-state index in [4.69, 9.17) is 4.74 Å². The normalized spacial score (nSPS) is 12.7. The van der Waals surface area contributed by atoms with Crippen molar-refractivity contribution in [1.29, 1.82) is 0 Å². The molecule has 1 aromatic carbocycles. The largest absolute Gasteiger partial charge is 0.444 e. The van der Waals surface area contributed by atoms with Gasteiger partial charge >= 0.3 is 6.09 Å². The summed E-state index contributed by atoms with van der Waals surface area (Å²) in [7, 11) is 1.40. The summed E-state index contributed by atoms with van der Waals surface area (Å²) in [5.74, 6) is -0.532. The van der Waals surface area contributed by atoms with Crippen molar-refractivity contribution < 1.29 is 18.7 Å². The average molecular weight is 267 g/mol. The molecule has 1 amide bonds. The third-order valence-electron chi connectivity index (χ3n) is 2.45. The number of carbonyl (C=O) groups is 2. The average Bonchev–Trinajstić information content (AvgIpc) is 2.30. The summed E-state index contributed by atoms with van der Waals surface area (Å²) in [6.07, 6.45) is -0.157. The minimum atomic E-state index is -1.00. The second-order valence-corrected chi connectivity index (χ2v) is 5.19. The van der Waals surface area contributed by atoms with E-state index in [1.54, 1.807) is 26.8 Å². The zero-order valence-electron chi connectivity index (χ0n) is 11.5. The van der Waals surface area contributed by atoms with Gasteiger partial charge in [-0.25, -0.2) is 9.18 Å². The van der Waals surface area contributed by atoms with Crippen LogP contribution in [-0.2, 0) is 9.53 Å². The summed E-state index contributed by atoms with van der Waals surface area (Å²) in [5.41, 5.74) is -0.528. The Morgan fingerprint density at radius 2 is 1.95 bits per heavy atom. The van der Waals surface area contributed by atoms with Crippen LogP contribution in [0.2, 0.25) is 0 Å². The van der Waals surface area contributed by atoms with E-state index < -0.39 is 23.6 Å². The summed E-state index contributed by atoms with van der Waals surface area (Å²) in [5, 5.41) is 0. The number of benzene rings is 1. The van der Waals surface area contributed by atoms with Gasteiger partial charge in [0.15, 0.2) is 0 Å². The number of hydrogen-bond acceptors (Lipinski definition) is 3. The number of amides is 1. The highest BCUT2D eigenvalue weighted by atomic mass is 19.1. The van der Waals surface area contributed by atoms with Crippen LogP contribution in [0.3, 0.4) is 0 Å². The van der Waals surface area contributed by atoms with E-state index in [0.29, 0.717) is 6.29 Å². The van der Waals surface area contributed by atoms with E-state index in [1.165, 1.54) is 25.2 Å². The van der Waals surface area contributed by atoms with Crippen LogP contribution in [0.4, 0.5) is 9.18 Å². The Labute approximate surface area is 112 Å². The maximum atomic E-state index is 13.7. The molecular weight excluding hydrogens is 249 g/mol. The van der Waals surface area contributed by atoms with Gasteiger partial charge in [-0.3, -0.25) is 4.90 Å². The number of halogens is 1. The predicted molar refractivity (Wildman–Crippen MR) is 69.2 cm³/mol. The molecule has 0 saturated carbocycles. The van der Waals surface area contributed by atoms with E-state index in [1.807, 2.05) is 0 Å². The Kier molecular flexibility index (Phi) is 4.64. The molecule has 0 bridgehead atoms. The lowest BCUT2D eigenvalue weighted by Crippen LogP contribution is -2.37. The minimum Gasteiger partial charge on any atom is -0.444 e. The zero-order chi connectivity index (χ0) is 14.6. The molecule has 0 heterocycles. The third kappa shape index (κ3) is 4.05. The minimum absolute atomic E-state index is 0.144. The first kappa shape index (κ1) is 15.1. The van der Waals surface area contributed by atoms with Gasteiger partial charge in [0.2, 0.25) is 0 Å². The third-order valence-corrected chi connectivity index (χ3v) is 2.45. The van der Waals surface area contributed by atoms with Crippen LogP contribution in [0.1, 0.15) is 32.4 Å². The highest BCUT2D eigenvalue weighted by molar-refractivity contribution is 5.74. The molecule has 1 rings (SSSR count). The highest BCUT2D eigenvalue weighted by Gasteiger charge is 2.27. The van der Waals surface area contributed by atoms with E-state index in [-0.39, 0.29) is 5.56 Å². The van der Waals surface area contributed by atoms with Crippen LogP contribution >= 0.6 is 0 Å². The first-order valence-corrected chi connectivity index (χ1v) is 5.92. The molecule has 4 nitrogen and oxygen atoms in total. The van der Waals surface area contributed by atoms with E-state index in [2.05, 4.69) is 0 Å². The van der Waals surface area contributed by atoms with Gasteiger partial charge in [-0.05, 0) is 26.8 Å². The van der Waals surface area contributed by atoms with E-state index in [0.717, 1.165) is 4.90 Å². The SMILES string of the molecule is CN(C(=O)OC(C)(C)C)C(C=O)c1ccccc1F. The summed E-state index contributed by atoms with van der Waals surface area (Å²) in [4.78, 5) is 24.1. The molecule has 1 atom stereocenters. The van der Waals surface area contributed by atoms with Crippen molar-refractivity contribution in [2.45, 2.75) is 32.4 Å². The van der Waals surface area contributed by atoms with Crippen molar-refractivity contribution in [2.24, 2.45) is 0 Å². The van der Waals surface area contributed by atoms with Gasteiger partial charge in [0.1, 0.15) is 23.7 Å². The van der Waals surface area contributed by atoms with Gasteiger partial charge in [0, 0.05) is 12.6 Å². The van der Waals surface area contributed by atoms with Crippen LogP contribution in [0.25, 0.3) is 0 Å². The lowest BCUT2D eigenvalue weighted by atomic mass is 10.1. The predicted octanol–water partition coefficient (Wildman–Crippen LogP) is 2.93. The van der Waals surface area contributed by atoms with Crippen molar-refractivity contribution in [1.82, 2.24) is 4.90 Å². The van der Waals surface area contributed by atoms with Crippen molar-refractivity contribution in [2.75, 3.05) is 7.05 Å². The van der Waals surface area contributed by atoms with Crippen molar-refractivity contribution in [3.05, 3.63) is 35.6 Å². The van der Waals surface area contributed by atoms with Gasteiger partial charge in [0.25, 0.3) is 0 Å². The van der Waals surface area contributed by atoms with Gasteiger partial charge in [-0.1, -0.05) is 18.2 Å². The van der Waals surface area contributed by atoms with Crippen molar-refractivity contribution in [3.8, 4) is 0 Å². The second-order valence-electron chi connectivity index (χ2n) is 5.19. The number of ether oxygens (including phenoxy) is 1. The Morgan fingerprint density at radius 1 is 1.37 bits per heavy atom. The molecule has 0 spiro atoms. The first-order valence-electron chi connectivity index (χ1n) is 5.92. The van der Waals surface area contributed by atoms with Crippen LogP contribution in [0.15, 0.2) is 24.3 Å². The molecular formula is C14H18FNO3. The maximum absolute atomic E-state index is 13.7. The number of nitrogens with zero attached hydrogens (tertiary/aromatic N) is 1. The van der Waals surface area contributed by atoms with Crippen LogP contribution < -0.4 is 0 Å². The summed E-state index contributed by atoms with van der Waals surface area (Å²) >= 11 is 0. The molecule has 0 saturated heterocycles. The Morgan fingerprint density at radius 3 is 2.42 bits per heavy atom. The van der Waals surface area contributed by atoms with Gasteiger partial charge in [0.05, 0.1) is 0 Å². The number of likely N-dealkylation sites (N-methyl/N-ethyl adjacent to an activating group) is 1.